The first-order valence-electron chi connectivity index (χ1n) is 53.8. The van der Waals surface area contributed by atoms with Crippen LogP contribution in [0.2, 0.25) is 0 Å². The van der Waals surface area contributed by atoms with E-state index in [1.165, 1.54) is 283 Å². The van der Waals surface area contributed by atoms with Crippen molar-refractivity contribution in [1.29, 1.82) is 0 Å². The van der Waals surface area contributed by atoms with Gasteiger partial charge in [-0.3, -0.25) is 32.5 Å². The lowest BCUT2D eigenvalue weighted by molar-refractivity contribution is -0.161. The zero-order chi connectivity index (χ0) is 95.0. The number of aliphatic hydroxyl groups excluding tert-OH is 2. The topological polar surface area (TPSA) is 231 Å². The Kier molecular flexibility index (Phi) is 100. The molecule has 5 atom stereocenters. The van der Waals surface area contributed by atoms with E-state index in [0.29, 0.717) is 19.3 Å². The van der Waals surface area contributed by atoms with Crippen LogP contribution in [0.5, 0.6) is 0 Å². The quantitative estimate of drug-likeness (QED) is 0.0146. The average molecular weight is 1870 g/mol. The second-order valence-electron chi connectivity index (χ2n) is 36.0. The molecular weight excluding hydrogens is 1680 g/mol. The van der Waals surface area contributed by atoms with E-state index < -0.39 is 91.5 Å². The first-order valence-corrected chi connectivity index (χ1v) is 56.8. The van der Waals surface area contributed by atoms with Crippen molar-refractivity contribution in [3.63, 3.8) is 0 Å². The highest BCUT2D eigenvalue weighted by molar-refractivity contribution is 7.47. The Morgan fingerprint density at radius 2 is 0.405 bits per heavy atom. The van der Waals surface area contributed by atoms with Crippen molar-refractivity contribution in [1.82, 2.24) is 0 Å². The standard InChI is InChI=1S/C113H198O16P2/c1-4-7-10-13-16-19-22-25-28-31-34-37-40-43-45-47-49-51-53-55-57-59-61-64-66-69-72-75-78-81-84-87-90-93-96-99-111(116)123-102-108(114)103-125-130(119,120)126-104-109(115)105-127-131(121,122)128-107-110(129-113(118)101-98-95-92-89-86-83-80-77-74-71-68-63-42-39-36-33-30-27-24-21-18-15-12-9-6-3)106-124-112(117)100-97-94-91-88-85-82-79-76-73-70-67-65-62-60-58-56-54-52-50-48-46-44-41-38-35-32-29-26-23-20-17-14-11-8-5-2/h9,12,16-21,25-30,34-39,43-46,63,68,108-110,114-115H,4-8,10-11,13-15,22-24,31-33,40-42,47-62,64-67,69-107H2,1-3H3,(H,119,120)(H,121,122)/b12-9-,19-16-,20-17-,21-18-,28-25-,29-26-,30-27-,37-34-,38-35-,39-36-,45-43-,46-44-,68-63-. The average Bonchev–Trinajstić information content (AvgIpc) is 0.896. The second-order valence-corrected chi connectivity index (χ2v) is 38.9. The van der Waals surface area contributed by atoms with Gasteiger partial charge in [0.2, 0.25) is 0 Å². The Bertz CT molecular complexity index is 3010. The fourth-order valence-electron chi connectivity index (χ4n) is 15.1. The Morgan fingerprint density at radius 1 is 0.221 bits per heavy atom. The van der Waals surface area contributed by atoms with Gasteiger partial charge in [-0.25, -0.2) is 9.13 Å². The van der Waals surface area contributed by atoms with Crippen LogP contribution in [-0.2, 0) is 55.8 Å². The molecule has 756 valence electrons. The van der Waals surface area contributed by atoms with Gasteiger partial charge in [-0.15, -0.1) is 0 Å². The second kappa shape index (κ2) is 104. The molecule has 0 aliphatic rings. The molecule has 0 aliphatic heterocycles. The number of hydrogen-bond acceptors (Lipinski definition) is 14. The van der Waals surface area contributed by atoms with E-state index in [-0.39, 0.29) is 19.3 Å². The molecule has 0 fully saturated rings. The summed E-state index contributed by atoms with van der Waals surface area (Å²) in [6.45, 7) is 2.60. The van der Waals surface area contributed by atoms with Crippen LogP contribution in [0.15, 0.2) is 158 Å². The Balaban J connectivity index is 4.54. The zero-order valence-corrected chi connectivity index (χ0v) is 85.8. The third-order valence-corrected chi connectivity index (χ3v) is 25.1. The number of allylic oxidation sites excluding steroid dienone is 26. The molecule has 0 saturated carbocycles. The molecule has 0 aliphatic carbocycles. The largest absolute Gasteiger partial charge is 0.472 e. The van der Waals surface area contributed by atoms with E-state index in [2.05, 4.69) is 179 Å². The molecule has 5 unspecified atom stereocenters. The molecule has 0 spiro atoms. The molecule has 131 heavy (non-hydrogen) atoms. The number of rotatable bonds is 102. The van der Waals surface area contributed by atoms with Crippen molar-refractivity contribution >= 4 is 33.6 Å². The Labute approximate surface area is 803 Å². The third kappa shape index (κ3) is 105. The number of carbonyl (C=O) groups excluding carboxylic acids is 3. The van der Waals surface area contributed by atoms with Crippen LogP contribution in [0.1, 0.15) is 483 Å². The number of ether oxygens (including phenoxy) is 3. The summed E-state index contributed by atoms with van der Waals surface area (Å²) in [6.07, 6.45) is 136. The number of esters is 3. The molecule has 0 bridgehead atoms. The molecule has 0 radical (unpaired) electrons. The van der Waals surface area contributed by atoms with Crippen molar-refractivity contribution < 1.29 is 75.8 Å². The summed E-state index contributed by atoms with van der Waals surface area (Å²) in [4.78, 5) is 59.3. The summed E-state index contributed by atoms with van der Waals surface area (Å²) in [6, 6.07) is 0. The molecule has 0 heterocycles. The maximum absolute atomic E-state index is 13.1. The molecule has 0 amide bonds. The fraction of sp³-hybridized carbons (Fsp3) is 0.743. The number of aliphatic hydroxyl groups is 2. The molecule has 0 rings (SSSR count). The highest BCUT2D eigenvalue weighted by Gasteiger charge is 2.30. The number of hydrogen-bond donors (Lipinski definition) is 4. The molecule has 0 saturated heterocycles. The van der Waals surface area contributed by atoms with Crippen molar-refractivity contribution in [3.05, 3.63) is 158 Å². The summed E-state index contributed by atoms with van der Waals surface area (Å²) < 4.78 is 61.8. The first kappa shape index (κ1) is 126. The molecular formula is C113H198O16P2. The zero-order valence-electron chi connectivity index (χ0n) is 84.0. The van der Waals surface area contributed by atoms with Gasteiger partial charge >= 0.3 is 33.6 Å². The number of phosphoric acid groups is 2. The maximum atomic E-state index is 13.1. The normalized spacial score (nSPS) is 14.2. The smallest absolute Gasteiger partial charge is 0.463 e. The van der Waals surface area contributed by atoms with Gasteiger partial charge in [-0.1, -0.05) is 468 Å². The predicted octanol–water partition coefficient (Wildman–Crippen LogP) is 34.4. The first-order chi connectivity index (χ1) is 64.2. The lowest BCUT2D eigenvalue weighted by Crippen LogP contribution is -2.30. The van der Waals surface area contributed by atoms with Crippen LogP contribution in [0.4, 0.5) is 0 Å². The third-order valence-electron chi connectivity index (χ3n) is 23.2. The van der Waals surface area contributed by atoms with Crippen LogP contribution < -0.4 is 0 Å². The molecule has 18 heteroatoms. The molecule has 0 aromatic rings. The fourth-order valence-corrected chi connectivity index (χ4v) is 16.7. The van der Waals surface area contributed by atoms with Crippen LogP contribution >= 0.6 is 15.6 Å². The van der Waals surface area contributed by atoms with Crippen LogP contribution in [0.25, 0.3) is 0 Å². The Morgan fingerprint density at radius 3 is 0.641 bits per heavy atom. The highest BCUT2D eigenvalue weighted by atomic mass is 31.2. The van der Waals surface area contributed by atoms with Gasteiger partial charge in [0.15, 0.2) is 6.10 Å². The van der Waals surface area contributed by atoms with Crippen molar-refractivity contribution in [2.24, 2.45) is 0 Å². The monoisotopic (exact) mass is 1870 g/mol. The van der Waals surface area contributed by atoms with E-state index in [4.69, 9.17) is 32.3 Å². The van der Waals surface area contributed by atoms with Crippen LogP contribution in [0, 0.1) is 0 Å². The molecule has 16 nitrogen and oxygen atoms in total. The highest BCUT2D eigenvalue weighted by Crippen LogP contribution is 2.45. The minimum Gasteiger partial charge on any atom is -0.463 e. The van der Waals surface area contributed by atoms with Gasteiger partial charge in [0.05, 0.1) is 26.4 Å². The summed E-state index contributed by atoms with van der Waals surface area (Å²) in [5.74, 6) is -1.56. The number of phosphoric ester groups is 2. The van der Waals surface area contributed by atoms with Crippen LogP contribution in [-0.4, -0.2) is 95.9 Å². The van der Waals surface area contributed by atoms with Gasteiger partial charge < -0.3 is 34.2 Å². The molecule has 4 N–H and O–H groups in total. The predicted molar refractivity (Wildman–Crippen MR) is 556 cm³/mol. The van der Waals surface area contributed by atoms with Crippen molar-refractivity contribution in [2.75, 3.05) is 39.6 Å². The summed E-state index contributed by atoms with van der Waals surface area (Å²) >= 11 is 0. The van der Waals surface area contributed by atoms with Gasteiger partial charge in [0.1, 0.15) is 25.4 Å². The van der Waals surface area contributed by atoms with E-state index in [0.717, 1.165) is 141 Å². The van der Waals surface area contributed by atoms with Crippen LogP contribution in [0.3, 0.4) is 0 Å². The molecule has 0 aromatic carbocycles. The van der Waals surface area contributed by atoms with E-state index in [9.17, 15) is 43.5 Å². The maximum Gasteiger partial charge on any atom is 0.472 e. The minimum atomic E-state index is -4.95. The molecule has 0 aromatic heterocycles. The van der Waals surface area contributed by atoms with Gasteiger partial charge in [-0.05, 0) is 154 Å². The number of carbonyl (C=O) groups is 3. The summed E-state index contributed by atoms with van der Waals surface area (Å²) in [7, 11) is -9.82. The van der Waals surface area contributed by atoms with E-state index in [1.54, 1.807) is 0 Å². The van der Waals surface area contributed by atoms with Crippen molar-refractivity contribution in [3.8, 4) is 0 Å². The summed E-state index contributed by atoms with van der Waals surface area (Å²) in [5, 5.41) is 20.8. The van der Waals surface area contributed by atoms with E-state index in [1.807, 2.05) is 0 Å². The van der Waals surface area contributed by atoms with Crippen molar-refractivity contribution in [2.45, 2.75) is 501 Å². The lowest BCUT2D eigenvalue weighted by atomic mass is 10.0. The lowest BCUT2D eigenvalue weighted by Gasteiger charge is -2.21. The van der Waals surface area contributed by atoms with Gasteiger partial charge in [-0.2, -0.15) is 0 Å². The minimum absolute atomic E-state index is 0.0958. The van der Waals surface area contributed by atoms with Gasteiger partial charge in [0, 0.05) is 19.3 Å². The SMILES string of the molecule is CC/C=C\C/C=C\C/C=C\C/C=C\C/C=C\CCCCCCCCCCCC(=O)OC(COC(=O)CCCCCCCCCCCCCCCCCCCCC/C=C\C/C=C\C/C=C\C/C=C\CCCCC)COP(=O)(O)OCC(O)COP(=O)(O)OCC(O)COC(=O)CCCCCCCCCCCCCCCCCCCCC/C=C\C/C=C\C/C=C\C/C=C\CCCCC. The summed E-state index contributed by atoms with van der Waals surface area (Å²) in [5.41, 5.74) is 0. The van der Waals surface area contributed by atoms with E-state index >= 15 is 0 Å². The Hall–Kier alpha value is -4.83. The van der Waals surface area contributed by atoms with Gasteiger partial charge in [0.25, 0.3) is 0 Å². The number of unbranched alkanes of at least 4 members (excludes halogenated alkanes) is 53.